The van der Waals surface area contributed by atoms with Gasteiger partial charge in [-0.05, 0) is 45.6 Å². The molecule has 116 valence electrons. The number of ether oxygens (including phenoxy) is 1. The standard InChI is InChI=1S/C16H21FO4/c1-12-7-5-3-4-6-10-16(2,20)15(19)13(17)8-9-14(18)21-11-12/h3,13,20H,4,6,8-11H2,1-2H3/t13-,16-/m0/s1. The molecule has 4 nitrogen and oxygen atoms in total. The molecule has 0 aromatic heterocycles. The minimum atomic E-state index is -1.86. The summed E-state index contributed by atoms with van der Waals surface area (Å²) in [5, 5.41) is 10.0. The van der Waals surface area contributed by atoms with Gasteiger partial charge >= 0.3 is 5.97 Å². The predicted molar refractivity (Wildman–Crippen MR) is 75.4 cm³/mol. The van der Waals surface area contributed by atoms with Gasteiger partial charge < -0.3 is 9.84 Å². The van der Waals surface area contributed by atoms with Crippen molar-refractivity contribution in [1.29, 1.82) is 0 Å². The molecule has 0 spiro atoms. The topological polar surface area (TPSA) is 63.6 Å². The van der Waals surface area contributed by atoms with Gasteiger partial charge in [-0.2, -0.15) is 0 Å². The molecule has 0 fully saturated rings. The molecule has 0 bridgehead atoms. The molecule has 0 aromatic rings. The van der Waals surface area contributed by atoms with E-state index in [0.29, 0.717) is 18.4 Å². The Morgan fingerprint density at radius 3 is 2.90 bits per heavy atom. The van der Waals surface area contributed by atoms with Crippen LogP contribution in [0.15, 0.2) is 23.1 Å². The highest BCUT2D eigenvalue weighted by atomic mass is 19.1. The van der Waals surface area contributed by atoms with Crippen LogP contribution in [0.2, 0.25) is 0 Å². The molecular weight excluding hydrogens is 275 g/mol. The third-order valence-corrected chi connectivity index (χ3v) is 3.27. The summed E-state index contributed by atoms with van der Waals surface area (Å²) in [6.45, 7) is 3.13. The van der Waals surface area contributed by atoms with Crippen LogP contribution in [0, 0.1) is 0 Å². The third kappa shape index (κ3) is 6.09. The van der Waals surface area contributed by atoms with E-state index in [-0.39, 0.29) is 25.9 Å². The van der Waals surface area contributed by atoms with Gasteiger partial charge in [-0.25, -0.2) is 4.39 Å². The van der Waals surface area contributed by atoms with Crippen LogP contribution in [0.5, 0.6) is 0 Å². The molecule has 0 radical (unpaired) electrons. The van der Waals surface area contributed by atoms with Crippen LogP contribution >= 0.6 is 0 Å². The highest BCUT2D eigenvalue weighted by molar-refractivity contribution is 5.90. The first kappa shape index (κ1) is 17.4. The van der Waals surface area contributed by atoms with Crippen LogP contribution in [0.3, 0.4) is 0 Å². The number of esters is 1. The second kappa shape index (κ2) is 7.94. The van der Waals surface area contributed by atoms with Gasteiger partial charge in [0.15, 0.2) is 12.0 Å². The number of rotatable bonds is 0. The fourth-order valence-electron chi connectivity index (χ4n) is 1.93. The molecule has 1 aliphatic rings. The summed E-state index contributed by atoms with van der Waals surface area (Å²) in [4.78, 5) is 23.3. The minimum Gasteiger partial charge on any atom is -0.460 e. The zero-order valence-corrected chi connectivity index (χ0v) is 12.4. The van der Waals surface area contributed by atoms with Crippen molar-refractivity contribution in [2.24, 2.45) is 0 Å². The normalized spacial score (nSPS) is 29.3. The number of halogens is 1. The lowest BCUT2D eigenvalue weighted by Gasteiger charge is -2.23. The van der Waals surface area contributed by atoms with E-state index >= 15 is 0 Å². The van der Waals surface area contributed by atoms with E-state index in [1.54, 1.807) is 13.0 Å². The van der Waals surface area contributed by atoms with E-state index in [9.17, 15) is 19.1 Å². The van der Waals surface area contributed by atoms with Gasteiger partial charge in [-0.15, -0.1) is 0 Å². The number of alkyl halides is 1. The number of hydrogen-bond donors (Lipinski definition) is 1. The number of allylic oxidation sites excluding steroid dienone is 1. The van der Waals surface area contributed by atoms with E-state index in [1.165, 1.54) is 6.92 Å². The molecule has 0 unspecified atom stereocenters. The number of hydrogen-bond acceptors (Lipinski definition) is 4. The summed E-state index contributed by atoms with van der Waals surface area (Å²) >= 11 is 0. The molecule has 21 heavy (non-hydrogen) atoms. The molecule has 1 heterocycles. The van der Waals surface area contributed by atoms with Crippen LogP contribution in [-0.2, 0) is 14.3 Å². The Kier molecular flexibility index (Phi) is 6.57. The van der Waals surface area contributed by atoms with E-state index in [4.69, 9.17) is 4.74 Å². The predicted octanol–water partition coefficient (Wildman–Crippen LogP) is 2.41. The highest BCUT2D eigenvalue weighted by Crippen LogP contribution is 2.20. The van der Waals surface area contributed by atoms with Crippen molar-refractivity contribution in [3.8, 4) is 0 Å². The van der Waals surface area contributed by atoms with Crippen molar-refractivity contribution >= 4 is 11.8 Å². The van der Waals surface area contributed by atoms with Crippen LogP contribution < -0.4 is 0 Å². The Bertz CT molecular complexity index is 494. The molecule has 1 N–H and O–H groups in total. The maximum atomic E-state index is 13.8. The average molecular weight is 296 g/mol. The zero-order valence-electron chi connectivity index (χ0n) is 12.4. The van der Waals surface area contributed by atoms with E-state index in [1.807, 2.05) is 0 Å². The number of ketones is 1. The summed E-state index contributed by atoms with van der Waals surface area (Å²) in [7, 11) is 0. The molecule has 1 rings (SSSR count). The van der Waals surface area contributed by atoms with Crippen molar-refractivity contribution in [2.45, 2.75) is 57.7 Å². The largest absolute Gasteiger partial charge is 0.460 e. The Morgan fingerprint density at radius 1 is 1.48 bits per heavy atom. The number of Topliss-reactive ketones (excluding diaryl/α,β-unsaturated/α-hetero) is 1. The van der Waals surface area contributed by atoms with Crippen molar-refractivity contribution in [3.05, 3.63) is 23.1 Å². The van der Waals surface area contributed by atoms with Crippen molar-refractivity contribution < 1.29 is 23.8 Å². The number of aliphatic hydroxyl groups is 1. The van der Waals surface area contributed by atoms with Crippen molar-refractivity contribution in [2.75, 3.05) is 6.61 Å². The number of carbonyl (C=O) groups is 2. The van der Waals surface area contributed by atoms with E-state index in [2.05, 4.69) is 11.5 Å². The summed E-state index contributed by atoms with van der Waals surface area (Å²) < 4.78 is 18.8. The summed E-state index contributed by atoms with van der Waals surface area (Å²) in [6, 6.07) is 0. The first-order valence-electron chi connectivity index (χ1n) is 7.05. The Hall–Kier alpha value is -1.67. The fourth-order valence-corrected chi connectivity index (χ4v) is 1.93. The van der Waals surface area contributed by atoms with Gasteiger partial charge in [0.2, 0.25) is 0 Å². The highest BCUT2D eigenvalue weighted by Gasteiger charge is 2.35. The smallest absolute Gasteiger partial charge is 0.306 e. The first-order valence-corrected chi connectivity index (χ1v) is 7.05. The summed E-state index contributed by atoms with van der Waals surface area (Å²) in [5.74, 6) is -1.45. The van der Waals surface area contributed by atoms with Crippen LogP contribution in [0.4, 0.5) is 4.39 Å². The van der Waals surface area contributed by atoms with Crippen LogP contribution in [-0.4, -0.2) is 35.2 Å². The lowest BCUT2D eigenvalue weighted by atomic mass is 9.90. The van der Waals surface area contributed by atoms with Crippen molar-refractivity contribution in [1.82, 2.24) is 0 Å². The molecular formula is C16H21FO4. The quantitative estimate of drug-likeness (QED) is 0.551. The van der Waals surface area contributed by atoms with Crippen LogP contribution in [0.25, 0.3) is 0 Å². The maximum Gasteiger partial charge on any atom is 0.306 e. The fraction of sp³-hybridized carbons (Fsp3) is 0.625. The van der Waals surface area contributed by atoms with Crippen LogP contribution in [0.1, 0.15) is 46.0 Å². The zero-order chi connectivity index (χ0) is 15.9. The third-order valence-electron chi connectivity index (χ3n) is 3.27. The Labute approximate surface area is 124 Å². The monoisotopic (exact) mass is 296 g/mol. The van der Waals surface area contributed by atoms with E-state index < -0.39 is 23.5 Å². The first-order chi connectivity index (χ1) is 9.83. The minimum absolute atomic E-state index is 0.0717. The molecule has 0 saturated heterocycles. The number of carbonyl (C=O) groups excluding carboxylic acids is 2. The second-order valence-electron chi connectivity index (χ2n) is 5.45. The summed E-state index contributed by atoms with van der Waals surface area (Å²) in [5.41, 5.74) is 4.65. The van der Waals surface area contributed by atoms with Gasteiger partial charge in [0.05, 0.1) is 0 Å². The van der Waals surface area contributed by atoms with Gasteiger partial charge in [-0.3, -0.25) is 9.59 Å². The molecule has 2 atom stereocenters. The Balaban J connectivity index is 2.86. The summed E-state index contributed by atoms with van der Waals surface area (Å²) in [6.07, 6.45) is 0.689. The molecule has 0 amide bonds. The SMILES string of the molecule is CC1=C=C=CCCC[C@](C)(O)C(=O)[C@@H](F)CCC(=O)OC1. The average Bonchev–Trinajstić information content (AvgIpc) is 2.44. The van der Waals surface area contributed by atoms with E-state index in [0.717, 1.165) is 0 Å². The molecule has 5 heteroatoms. The molecule has 0 aliphatic carbocycles. The molecule has 0 saturated carbocycles. The van der Waals surface area contributed by atoms with Gasteiger partial charge in [0, 0.05) is 12.0 Å². The van der Waals surface area contributed by atoms with Gasteiger partial charge in [-0.1, -0.05) is 11.5 Å². The van der Waals surface area contributed by atoms with Crippen molar-refractivity contribution in [3.63, 3.8) is 0 Å². The lowest BCUT2D eigenvalue weighted by Crippen LogP contribution is -2.41. The lowest BCUT2D eigenvalue weighted by molar-refractivity contribution is -0.145. The Morgan fingerprint density at radius 2 is 2.19 bits per heavy atom. The molecule has 1 aliphatic heterocycles. The van der Waals surface area contributed by atoms with Gasteiger partial charge in [0.1, 0.15) is 12.2 Å². The maximum absolute atomic E-state index is 13.8. The second-order valence-corrected chi connectivity index (χ2v) is 5.45. The van der Waals surface area contributed by atoms with Gasteiger partial charge in [0.25, 0.3) is 0 Å². The number of cyclic esters (lactones) is 1. The molecule has 0 aromatic carbocycles.